The van der Waals surface area contributed by atoms with Gasteiger partial charge in [-0.3, -0.25) is 14.2 Å². The Bertz CT molecular complexity index is 1720. The van der Waals surface area contributed by atoms with Gasteiger partial charge in [0.1, 0.15) is 11.7 Å². The lowest BCUT2D eigenvalue weighted by atomic mass is 9.96. The molecular weight excluding hydrogens is 584 g/mol. The topological polar surface area (TPSA) is 103 Å². The van der Waals surface area contributed by atoms with Crippen molar-refractivity contribution in [1.82, 2.24) is 4.57 Å². The summed E-state index contributed by atoms with van der Waals surface area (Å²) in [6.45, 7) is 5.40. The van der Waals surface area contributed by atoms with Crippen molar-refractivity contribution in [3.63, 3.8) is 0 Å². The summed E-state index contributed by atoms with van der Waals surface area (Å²) in [6.07, 6.45) is 1.64. The molecule has 3 aromatic rings. The van der Waals surface area contributed by atoms with Gasteiger partial charge < -0.3 is 9.47 Å². The lowest BCUT2D eigenvalue weighted by Crippen LogP contribution is -2.40. The number of rotatable bonds is 6. The molecule has 0 radical (unpaired) electrons. The standard InChI is InChI=1S/C28H25BrN4O5S/c1-5-38-27(36)23-16(3)30-28-32(24(23)17-11-12-21(37-4)20(29)13-17)26(35)22(39-28)14-19-15(2)31-33(25(19)34)18-9-7-6-8-10-18/h6-14,19,24H,5H2,1-4H3/b22-14+/t19-,24-/m0/s1. The number of ether oxygens (including phenoxy) is 2. The Kier molecular flexibility index (Phi) is 7.37. The third kappa shape index (κ3) is 4.76. The fourth-order valence-electron chi connectivity index (χ4n) is 4.65. The molecule has 2 aromatic carbocycles. The number of hydrazone groups is 1. The summed E-state index contributed by atoms with van der Waals surface area (Å²) in [5.74, 6) is -0.881. The number of nitrogens with zero attached hydrogens (tertiary/aromatic N) is 4. The van der Waals surface area contributed by atoms with Crippen molar-refractivity contribution in [2.24, 2.45) is 16.0 Å². The summed E-state index contributed by atoms with van der Waals surface area (Å²) in [6, 6.07) is 13.7. The lowest BCUT2D eigenvalue weighted by Gasteiger charge is -2.25. The molecule has 0 unspecified atom stereocenters. The highest BCUT2D eigenvalue weighted by Crippen LogP contribution is 2.35. The smallest absolute Gasteiger partial charge is 0.338 e. The Morgan fingerprint density at radius 2 is 1.90 bits per heavy atom. The molecule has 3 heterocycles. The van der Waals surface area contributed by atoms with Gasteiger partial charge in [0.05, 0.1) is 51.4 Å². The van der Waals surface area contributed by atoms with Crippen LogP contribution < -0.4 is 24.6 Å². The SMILES string of the molecule is CCOC(=O)C1=C(C)N=c2s/c(=C/[C@@H]3C(=O)N(c4ccccc4)N=C3C)c(=O)n2[C@H]1c1ccc(OC)c(Br)c1. The summed E-state index contributed by atoms with van der Waals surface area (Å²) < 4.78 is 13.2. The first-order chi connectivity index (χ1) is 18.7. The van der Waals surface area contributed by atoms with Crippen LogP contribution >= 0.6 is 27.3 Å². The fourth-order valence-corrected chi connectivity index (χ4v) is 6.26. The molecule has 0 N–H and O–H groups in total. The molecule has 2 aliphatic heterocycles. The van der Waals surface area contributed by atoms with E-state index in [4.69, 9.17) is 9.47 Å². The number of anilines is 1. The van der Waals surface area contributed by atoms with Crippen molar-refractivity contribution in [2.75, 3.05) is 18.7 Å². The molecule has 11 heteroatoms. The summed E-state index contributed by atoms with van der Waals surface area (Å²) >= 11 is 4.68. The molecule has 1 aromatic heterocycles. The van der Waals surface area contributed by atoms with Crippen LogP contribution in [0.5, 0.6) is 5.75 Å². The second kappa shape index (κ2) is 10.7. The average molecular weight is 610 g/mol. The number of carbonyl (C=O) groups is 2. The number of thiazole rings is 1. The third-order valence-electron chi connectivity index (χ3n) is 6.51. The van der Waals surface area contributed by atoms with Crippen molar-refractivity contribution in [1.29, 1.82) is 0 Å². The molecule has 5 rings (SSSR count). The Labute approximate surface area is 236 Å². The van der Waals surface area contributed by atoms with Gasteiger partial charge in [0, 0.05) is 0 Å². The first-order valence-corrected chi connectivity index (χ1v) is 13.8. The monoisotopic (exact) mass is 608 g/mol. The van der Waals surface area contributed by atoms with Crippen molar-refractivity contribution < 1.29 is 19.1 Å². The lowest BCUT2D eigenvalue weighted by molar-refractivity contribution is -0.139. The largest absolute Gasteiger partial charge is 0.496 e. The number of carbonyl (C=O) groups excluding carboxylic acids is 2. The van der Waals surface area contributed by atoms with Gasteiger partial charge in [-0.05, 0) is 72.6 Å². The van der Waals surface area contributed by atoms with Gasteiger partial charge in [-0.1, -0.05) is 35.6 Å². The number of methoxy groups -OCH3 is 1. The van der Waals surface area contributed by atoms with Crippen LogP contribution in [0.15, 0.2) is 79.2 Å². The number of esters is 1. The van der Waals surface area contributed by atoms with Gasteiger partial charge in [0.2, 0.25) is 0 Å². The number of aromatic nitrogens is 1. The Morgan fingerprint density at radius 3 is 2.56 bits per heavy atom. The molecule has 0 spiro atoms. The Balaban J connectivity index is 1.64. The Hall–Kier alpha value is -3.83. The van der Waals surface area contributed by atoms with Gasteiger partial charge >= 0.3 is 5.97 Å². The van der Waals surface area contributed by atoms with Gasteiger partial charge in [0.15, 0.2) is 4.80 Å². The molecule has 0 fully saturated rings. The molecule has 0 bridgehead atoms. The highest BCUT2D eigenvalue weighted by molar-refractivity contribution is 9.10. The number of amides is 1. The maximum atomic E-state index is 13.9. The maximum absolute atomic E-state index is 13.9. The van der Waals surface area contributed by atoms with Crippen LogP contribution in [-0.2, 0) is 14.3 Å². The zero-order valence-electron chi connectivity index (χ0n) is 21.7. The van der Waals surface area contributed by atoms with Crippen molar-refractivity contribution in [3.8, 4) is 5.75 Å². The summed E-state index contributed by atoms with van der Waals surface area (Å²) in [4.78, 5) is 45.3. The van der Waals surface area contributed by atoms with Crippen molar-refractivity contribution >= 4 is 56.6 Å². The highest BCUT2D eigenvalue weighted by atomic mass is 79.9. The number of benzene rings is 2. The minimum atomic E-state index is -0.778. The van der Waals surface area contributed by atoms with Crippen molar-refractivity contribution in [3.05, 3.63) is 89.5 Å². The first-order valence-electron chi connectivity index (χ1n) is 12.2. The van der Waals surface area contributed by atoms with E-state index in [2.05, 4.69) is 26.0 Å². The van der Waals surface area contributed by atoms with Crippen LogP contribution in [0, 0.1) is 5.92 Å². The molecule has 2 aliphatic rings. The van der Waals surface area contributed by atoms with Crippen LogP contribution in [0.25, 0.3) is 6.08 Å². The number of para-hydroxylation sites is 1. The third-order valence-corrected chi connectivity index (χ3v) is 8.13. The van der Waals surface area contributed by atoms with Gasteiger partial charge in [0.25, 0.3) is 11.5 Å². The van der Waals surface area contributed by atoms with E-state index in [0.29, 0.717) is 42.2 Å². The molecule has 39 heavy (non-hydrogen) atoms. The second-order valence-electron chi connectivity index (χ2n) is 8.92. The molecular formula is C28H25BrN4O5S. The molecule has 0 aliphatic carbocycles. The summed E-state index contributed by atoms with van der Waals surface area (Å²) in [5, 5.41) is 5.80. The van der Waals surface area contributed by atoms with E-state index in [1.807, 2.05) is 24.3 Å². The summed E-state index contributed by atoms with van der Waals surface area (Å²) in [5.41, 5.74) is 2.29. The summed E-state index contributed by atoms with van der Waals surface area (Å²) in [7, 11) is 1.56. The van der Waals surface area contributed by atoms with Crippen LogP contribution in [-0.4, -0.2) is 35.9 Å². The minimum absolute atomic E-state index is 0.180. The van der Waals surface area contributed by atoms with Crippen LogP contribution in [0.2, 0.25) is 0 Å². The van der Waals surface area contributed by atoms with Crippen molar-refractivity contribution in [2.45, 2.75) is 26.8 Å². The van der Waals surface area contributed by atoms with E-state index in [9.17, 15) is 14.4 Å². The predicted molar refractivity (Wildman–Crippen MR) is 153 cm³/mol. The van der Waals surface area contributed by atoms with Gasteiger partial charge in [-0.25, -0.2) is 9.79 Å². The van der Waals surface area contributed by atoms with E-state index in [1.54, 1.807) is 58.2 Å². The van der Waals surface area contributed by atoms with E-state index in [0.717, 1.165) is 0 Å². The number of halogens is 1. The number of fused-ring (bicyclic) bond motifs is 1. The average Bonchev–Trinajstić information content (AvgIpc) is 3.38. The van der Waals surface area contributed by atoms with E-state index >= 15 is 0 Å². The zero-order valence-corrected chi connectivity index (χ0v) is 24.1. The minimum Gasteiger partial charge on any atom is -0.496 e. The van der Waals surface area contributed by atoms with E-state index in [1.165, 1.54) is 20.9 Å². The number of allylic oxidation sites excluding steroid dienone is 1. The predicted octanol–water partition coefficient (Wildman–Crippen LogP) is 3.56. The molecule has 9 nitrogen and oxygen atoms in total. The molecule has 0 saturated carbocycles. The van der Waals surface area contributed by atoms with Crippen LogP contribution in [0.1, 0.15) is 32.4 Å². The maximum Gasteiger partial charge on any atom is 0.338 e. The highest BCUT2D eigenvalue weighted by Gasteiger charge is 2.36. The van der Waals surface area contributed by atoms with E-state index in [-0.39, 0.29) is 23.6 Å². The zero-order chi connectivity index (χ0) is 27.8. The first kappa shape index (κ1) is 26.8. The second-order valence-corrected chi connectivity index (χ2v) is 10.8. The number of hydrogen-bond donors (Lipinski definition) is 0. The molecule has 2 atom stereocenters. The van der Waals surface area contributed by atoms with Crippen LogP contribution in [0.3, 0.4) is 0 Å². The normalized spacial score (nSPS) is 19.1. The Morgan fingerprint density at radius 1 is 1.15 bits per heavy atom. The van der Waals surface area contributed by atoms with Gasteiger partial charge in [-0.2, -0.15) is 10.1 Å². The number of hydrogen-bond acceptors (Lipinski definition) is 8. The fraction of sp³-hybridized carbons (Fsp3) is 0.250. The molecule has 1 amide bonds. The molecule has 200 valence electrons. The quantitative estimate of drug-likeness (QED) is 0.398. The van der Waals surface area contributed by atoms with Crippen LogP contribution in [0.4, 0.5) is 5.69 Å². The van der Waals surface area contributed by atoms with E-state index < -0.39 is 17.9 Å². The van der Waals surface area contributed by atoms with Gasteiger partial charge in [-0.15, -0.1) is 0 Å². The molecule has 0 saturated heterocycles.